The first-order valence-electron chi connectivity index (χ1n) is 10.1. The lowest BCUT2D eigenvalue weighted by Gasteiger charge is -2.22. The Bertz CT molecular complexity index is 822. The summed E-state index contributed by atoms with van der Waals surface area (Å²) in [7, 11) is 1.93. The second-order valence-corrected chi connectivity index (χ2v) is 6.83. The SMILES string of the molecule is CCNC(=NCc1ccc(C(=O)N(CC)CC)cc1)N(C)Cc1cccc(F)c1.I. The molecule has 2 rings (SSSR count). The van der Waals surface area contributed by atoms with Gasteiger partial charge in [-0.3, -0.25) is 4.79 Å². The van der Waals surface area contributed by atoms with Crippen LogP contribution in [0.15, 0.2) is 53.5 Å². The summed E-state index contributed by atoms with van der Waals surface area (Å²) in [5.41, 5.74) is 2.60. The number of rotatable bonds is 8. The molecular formula is C23H32FIN4O. The Morgan fingerprint density at radius 3 is 2.27 bits per heavy atom. The first kappa shape index (κ1) is 25.9. The minimum atomic E-state index is -0.239. The summed E-state index contributed by atoms with van der Waals surface area (Å²) in [6, 6.07) is 14.2. The maximum Gasteiger partial charge on any atom is 0.253 e. The number of hydrogen-bond acceptors (Lipinski definition) is 2. The molecule has 0 saturated carbocycles. The van der Waals surface area contributed by atoms with E-state index >= 15 is 0 Å². The first-order valence-corrected chi connectivity index (χ1v) is 10.1. The molecule has 5 nitrogen and oxygen atoms in total. The molecule has 164 valence electrons. The highest BCUT2D eigenvalue weighted by Crippen LogP contribution is 2.10. The van der Waals surface area contributed by atoms with Crippen molar-refractivity contribution in [3.05, 3.63) is 71.0 Å². The molecule has 0 fully saturated rings. The Kier molecular flexibility index (Phi) is 11.4. The van der Waals surface area contributed by atoms with E-state index < -0.39 is 0 Å². The van der Waals surface area contributed by atoms with Gasteiger partial charge >= 0.3 is 0 Å². The van der Waals surface area contributed by atoms with Crippen LogP contribution < -0.4 is 5.32 Å². The highest BCUT2D eigenvalue weighted by atomic mass is 127. The largest absolute Gasteiger partial charge is 0.357 e. The predicted octanol–water partition coefficient (Wildman–Crippen LogP) is 4.52. The van der Waals surface area contributed by atoms with E-state index in [-0.39, 0.29) is 35.7 Å². The van der Waals surface area contributed by atoms with E-state index in [9.17, 15) is 9.18 Å². The number of nitrogens with one attached hydrogen (secondary N) is 1. The summed E-state index contributed by atoms with van der Waals surface area (Å²) >= 11 is 0. The van der Waals surface area contributed by atoms with Crippen molar-refractivity contribution in [2.24, 2.45) is 4.99 Å². The monoisotopic (exact) mass is 526 g/mol. The molecule has 2 aromatic carbocycles. The van der Waals surface area contributed by atoms with Gasteiger partial charge in [-0.2, -0.15) is 0 Å². The van der Waals surface area contributed by atoms with Crippen LogP contribution >= 0.6 is 24.0 Å². The van der Waals surface area contributed by atoms with Gasteiger partial charge in [0.05, 0.1) is 6.54 Å². The molecule has 0 spiro atoms. The highest BCUT2D eigenvalue weighted by Gasteiger charge is 2.12. The minimum absolute atomic E-state index is 0. The van der Waals surface area contributed by atoms with Crippen LogP contribution in [0.1, 0.15) is 42.3 Å². The quantitative estimate of drug-likeness (QED) is 0.313. The van der Waals surface area contributed by atoms with Gasteiger partial charge in [-0.15, -0.1) is 24.0 Å². The van der Waals surface area contributed by atoms with E-state index in [1.807, 2.05) is 63.1 Å². The molecule has 0 radical (unpaired) electrons. The van der Waals surface area contributed by atoms with E-state index in [0.717, 1.165) is 23.6 Å². The van der Waals surface area contributed by atoms with Crippen LogP contribution in [0.3, 0.4) is 0 Å². The molecule has 1 N–H and O–H groups in total. The van der Waals surface area contributed by atoms with E-state index in [2.05, 4.69) is 10.3 Å². The van der Waals surface area contributed by atoms with Crippen molar-refractivity contribution in [1.82, 2.24) is 15.1 Å². The summed E-state index contributed by atoms with van der Waals surface area (Å²) in [6.45, 7) is 9.16. The van der Waals surface area contributed by atoms with Crippen LogP contribution in [-0.2, 0) is 13.1 Å². The third-order valence-corrected chi connectivity index (χ3v) is 4.67. The van der Waals surface area contributed by atoms with Crippen molar-refractivity contribution in [2.75, 3.05) is 26.7 Å². The number of guanidine groups is 1. The number of amides is 1. The molecule has 0 unspecified atom stereocenters. The Balaban J connectivity index is 0.00000450. The topological polar surface area (TPSA) is 47.9 Å². The summed E-state index contributed by atoms with van der Waals surface area (Å²) in [5.74, 6) is 0.561. The molecule has 0 bridgehead atoms. The van der Waals surface area contributed by atoms with E-state index in [0.29, 0.717) is 31.7 Å². The molecule has 2 aromatic rings. The maximum atomic E-state index is 13.4. The number of carbonyl (C=O) groups is 1. The number of carbonyl (C=O) groups excluding carboxylic acids is 1. The maximum absolute atomic E-state index is 13.4. The van der Waals surface area contributed by atoms with Crippen LogP contribution in [0, 0.1) is 5.82 Å². The Morgan fingerprint density at radius 2 is 1.70 bits per heavy atom. The van der Waals surface area contributed by atoms with Crippen LogP contribution in [0.4, 0.5) is 4.39 Å². The van der Waals surface area contributed by atoms with Gasteiger partial charge in [0, 0.05) is 38.8 Å². The van der Waals surface area contributed by atoms with Gasteiger partial charge in [-0.05, 0) is 56.2 Å². The number of nitrogens with zero attached hydrogens (tertiary/aromatic N) is 3. The smallest absolute Gasteiger partial charge is 0.253 e. The second-order valence-electron chi connectivity index (χ2n) is 6.83. The zero-order valence-corrected chi connectivity index (χ0v) is 20.5. The summed E-state index contributed by atoms with van der Waals surface area (Å²) < 4.78 is 13.4. The summed E-state index contributed by atoms with van der Waals surface area (Å²) in [5, 5.41) is 3.27. The van der Waals surface area contributed by atoms with Crippen molar-refractivity contribution in [3.63, 3.8) is 0 Å². The van der Waals surface area contributed by atoms with Crippen molar-refractivity contribution < 1.29 is 9.18 Å². The average molecular weight is 526 g/mol. The fourth-order valence-corrected chi connectivity index (χ4v) is 3.07. The minimum Gasteiger partial charge on any atom is -0.357 e. The third kappa shape index (κ3) is 7.59. The number of hydrogen-bond donors (Lipinski definition) is 1. The van der Waals surface area contributed by atoms with Crippen LogP contribution in [-0.4, -0.2) is 48.3 Å². The van der Waals surface area contributed by atoms with Crippen molar-refractivity contribution >= 4 is 35.8 Å². The average Bonchev–Trinajstić information content (AvgIpc) is 2.72. The third-order valence-electron chi connectivity index (χ3n) is 4.67. The standard InChI is InChI=1S/C23H31FN4O.HI/c1-5-25-23(27(4)17-19-9-8-10-21(24)15-19)26-16-18-11-13-20(14-12-18)22(29)28(6-2)7-3;/h8-15H,5-7,16-17H2,1-4H3,(H,25,26);1H. The molecular weight excluding hydrogens is 494 g/mol. The molecule has 0 aromatic heterocycles. The molecule has 0 aliphatic rings. The molecule has 1 amide bonds. The highest BCUT2D eigenvalue weighted by molar-refractivity contribution is 14.0. The lowest BCUT2D eigenvalue weighted by molar-refractivity contribution is 0.0773. The molecule has 30 heavy (non-hydrogen) atoms. The van der Waals surface area contributed by atoms with Gasteiger partial charge < -0.3 is 15.1 Å². The molecule has 0 aliphatic carbocycles. The fraction of sp³-hybridized carbons (Fsp3) is 0.391. The van der Waals surface area contributed by atoms with Crippen molar-refractivity contribution in [3.8, 4) is 0 Å². The zero-order valence-electron chi connectivity index (χ0n) is 18.2. The molecule has 0 heterocycles. The van der Waals surface area contributed by atoms with Gasteiger partial charge in [0.25, 0.3) is 5.91 Å². The van der Waals surface area contributed by atoms with Crippen LogP contribution in [0.2, 0.25) is 0 Å². The second kappa shape index (κ2) is 13.2. The van der Waals surface area contributed by atoms with Crippen molar-refractivity contribution in [2.45, 2.75) is 33.9 Å². The Labute approximate surface area is 196 Å². The van der Waals surface area contributed by atoms with Crippen molar-refractivity contribution in [1.29, 1.82) is 0 Å². The van der Waals surface area contributed by atoms with Gasteiger partial charge in [0.1, 0.15) is 5.82 Å². The van der Waals surface area contributed by atoms with Gasteiger partial charge in [0.2, 0.25) is 0 Å². The van der Waals surface area contributed by atoms with E-state index in [4.69, 9.17) is 0 Å². The zero-order chi connectivity index (χ0) is 21.2. The van der Waals surface area contributed by atoms with Crippen LogP contribution in [0.25, 0.3) is 0 Å². The number of aliphatic imine (C=N–C) groups is 1. The normalized spacial score (nSPS) is 10.9. The Morgan fingerprint density at radius 1 is 1.03 bits per heavy atom. The summed E-state index contributed by atoms with van der Waals surface area (Å²) in [6.07, 6.45) is 0. The predicted molar refractivity (Wildman–Crippen MR) is 132 cm³/mol. The molecule has 0 atom stereocenters. The molecule has 0 saturated heterocycles. The van der Waals surface area contributed by atoms with Gasteiger partial charge in [0.15, 0.2) is 5.96 Å². The number of benzene rings is 2. The van der Waals surface area contributed by atoms with Gasteiger partial charge in [-0.25, -0.2) is 9.38 Å². The van der Waals surface area contributed by atoms with E-state index in [1.165, 1.54) is 12.1 Å². The summed E-state index contributed by atoms with van der Waals surface area (Å²) in [4.78, 5) is 20.9. The van der Waals surface area contributed by atoms with Gasteiger partial charge in [-0.1, -0.05) is 24.3 Å². The van der Waals surface area contributed by atoms with E-state index in [1.54, 1.807) is 11.0 Å². The molecule has 7 heteroatoms. The lowest BCUT2D eigenvalue weighted by atomic mass is 10.1. The number of halogens is 2. The Hall–Kier alpha value is -2.16. The first-order chi connectivity index (χ1) is 14.0. The van der Waals surface area contributed by atoms with Crippen LogP contribution in [0.5, 0.6) is 0 Å². The molecule has 0 aliphatic heterocycles. The fourth-order valence-electron chi connectivity index (χ4n) is 3.07. The lowest BCUT2D eigenvalue weighted by Crippen LogP contribution is -2.38.